The molecule has 1 aromatic carbocycles. The van der Waals surface area contributed by atoms with Crippen LogP contribution in [0.4, 0.5) is 4.39 Å². The number of aromatic nitrogens is 1. The van der Waals surface area contributed by atoms with E-state index in [1.54, 1.807) is 12.3 Å². The third-order valence-corrected chi connectivity index (χ3v) is 2.81. The SMILES string of the molecule is COc1cc(F)cc(-n2cc(Br)cc2C(=O)O)c1. The molecule has 0 aliphatic carbocycles. The van der Waals surface area contributed by atoms with E-state index in [0.29, 0.717) is 15.9 Å². The van der Waals surface area contributed by atoms with E-state index in [9.17, 15) is 9.18 Å². The Bertz CT molecular complexity index is 609. The quantitative estimate of drug-likeness (QED) is 0.947. The van der Waals surface area contributed by atoms with Gasteiger partial charge in [-0.15, -0.1) is 0 Å². The molecule has 0 saturated carbocycles. The molecule has 2 aromatic rings. The van der Waals surface area contributed by atoms with Crippen molar-refractivity contribution in [3.63, 3.8) is 0 Å². The molecule has 6 heteroatoms. The predicted molar refractivity (Wildman–Crippen MR) is 66.9 cm³/mol. The second-order valence-corrected chi connectivity index (χ2v) is 4.48. The molecule has 1 N–H and O–H groups in total. The summed E-state index contributed by atoms with van der Waals surface area (Å²) in [7, 11) is 1.42. The van der Waals surface area contributed by atoms with Crippen LogP contribution in [-0.2, 0) is 0 Å². The molecule has 94 valence electrons. The second kappa shape index (κ2) is 4.81. The number of carboxylic acid groups (broad SMARTS) is 1. The Morgan fingerprint density at radius 3 is 2.72 bits per heavy atom. The van der Waals surface area contributed by atoms with Gasteiger partial charge in [0.25, 0.3) is 0 Å². The summed E-state index contributed by atoms with van der Waals surface area (Å²) in [6.45, 7) is 0. The molecule has 0 saturated heterocycles. The van der Waals surface area contributed by atoms with Gasteiger partial charge >= 0.3 is 5.97 Å². The van der Waals surface area contributed by atoms with Gasteiger partial charge in [-0.25, -0.2) is 9.18 Å². The van der Waals surface area contributed by atoms with E-state index in [4.69, 9.17) is 9.84 Å². The number of nitrogens with zero attached hydrogens (tertiary/aromatic N) is 1. The van der Waals surface area contributed by atoms with Crippen molar-refractivity contribution in [3.8, 4) is 11.4 Å². The first-order valence-corrected chi connectivity index (χ1v) is 5.76. The first-order chi connectivity index (χ1) is 8.51. The summed E-state index contributed by atoms with van der Waals surface area (Å²) in [6.07, 6.45) is 1.55. The standard InChI is InChI=1S/C12H9BrFNO3/c1-18-10-4-8(14)3-9(5-10)15-6-7(13)2-11(15)12(16)17/h2-6H,1H3,(H,16,17). The van der Waals surface area contributed by atoms with E-state index >= 15 is 0 Å². The molecule has 0 aliphatic heterocycles. The zero-order valence-corrected chi connectivity index (χ0v) is 10.9. The average molecular weight is 314 g/mol. The second-order valence-electron chi connectivity index (χ2n) is 3.57. The highest BCUT2D eigenvalue weighted by Gasteiger charge is 2.14. The van der Waals surface area contributed by atoms with Crippen molar-refractivity contribution in [2.75, 3.05) is 7.11 Å². The summed E-state index contributed by atoms with van der Waals surface area (Å²) < 4.78 is 20.3. The molecule has 0 atom stereocenters. The first kappa shape index (κ1) is 12.6. The minimum absolute atomic E-state index is 0.0366. The highest BCUT2D eigenvalue weighted by atomic mass is 79.9. The van der Waals surface area contributed by atoms with Crippen LogP contribution in [0.15, 0.2) is 34.9 Å². The third kappa shape index (κ3) is 2.38. The molecule has 1 heterocycles. The smallest absolute Gasteiger partial charge is 0.352 e. The van der Waals surface area contributed by atoms with E-state index in [1.165, 1.54) is 29.9 Å². The van der Waals surface area contributed by atoms with Gasteiger partial charge in [-0.05, 0) is 28.1 Å². The number of hydrogen-bond donors (Lipinski definition) is 1. The van der Waals surface area contributed by atoms with Gasteiger partial charge in [-0.1, -0.05) is 0 Å². The fourth-order valence-electron chi connectivity index (χ4n) is 1.61. The van der Waals surface area contributed by atoms with E-state index in [0.717, 1.165) is 0 Å². The number of carboxylic acids is 1. The van der Waals surface area contributed by atoms with Crippen LogP contribution >= 0.6 is 15.9 Å². The van der Waals surface area contributed by atoms with Crippen LogP contribution in [0.2, 0.25) is 0 Å². The Hall–Kier alpha value is -1.82. The molecule has 1 aromatic heterocycles. The van der Waals surface area contributed by atoms with Crippen LogP contribution in [0.1, 0.15) is 10.5 Å². The van der Waals surface area contributed by atoms with E-state index in [1.807, 2.05) is 0 Å². The molecule has 0 unspecified atom stereocenters. The van der Waals surface area contributed by atoms with Crippen molar-refractivity contribution in [1.29, 1.82) is 0 Å². The number of halogens is 2. The fourth-order valence-corrected chi connectivity index (χ4v) is 2.04. The number of carbonyl (C=O) groups is 1. The van der Waals surface area contributed by atoms with Crippen LogP contribution in [0.3, 0.4) is 0 Å². The molecule has 2 rings (SSSR count). The zero-order chi connectivity index (χ0) is 13.3. The van der Waals surface area contributed by atoms with Crippen LogP contribution in [-0.4, -0.2) is 22.8 Å². The molecule has 18 heavy (non-hydrogen) atoms. The molecule has 0 bridgehead atoms. The van der Waals surface area contributed by atoms with E-state index < -0.39 is 11.8 Å². The van der Waals surface area contributed by atoms with Crippen molar-refractivity contribution in [1.82, 2.24) is 4.57 Å². The largest absolute Gasteiger partial charge is 0.497 e. The molecular formula is C12H9BrFNO3. The van der Waals surface area contributed by atoms with Crippen LogP contribution in [0.25, 0.3) is 5.69 Å². The van der Waals surface area contributed by atoms with E-state index in [-0.39, 0.29) is 5.69 Å². The molecule has 0 spiro atoms. The van der Waals surface area contributed by atoms with Crippen LogP contribution in [0.5, 0.6) is 5.75 Å². The Morgan fingerprint density at radius 2 is 2.11 bits per heavy atom. The fraction of sp³-hybridized carbons (Fsp3) is 0.0833. The van der Waals surface area contributed by atoms with Gasteiger partial charge in [0.15, 0.2) is 0 Å². The first-order valence-electron chi connectivity index (χ1n) is 4.97. The van der Waals surface area contributed by atoms with Gasteiger partial charge in [-0.3, -0.25) is 0 Å². The summed E-state index contributed by atoms with van der Waals surface area (Å²) in [4.78, 5) is 11.1. The van der Waals surface area contributed by atoms with Crippen LogP contribution in [0, 0.1) is 5.82 Å². The lowest BCUT2D eigenvalue weighted by Gasteiger charge is -2.08. The number of aromatic carboxylic acids is 1. The molecule has 0 amide bonds. The Morgan fingerprint density at radius 1 is 1.39 bits per heavy atom. The lowest BCUT2D eigenvalue weighted by atomic mass is 10.2. The minimum atomic E-state index is -1.09. The number of methoxy groups -OCH3 is 1. The van der Waals surface area contributed by atoms with Crippen LogP contribution < -0.4 is 4.74 Å². The predicted octanol–water partition coefficient (Wildman–Crippen LogP) is 3.09. The van der Waals surface area contributed by atoms with Gasteiger partial charge in [0.2, 0.25) is 0 Å². The number of hydrogen-bond acceptors (Lipinski definition) is 2. The molecule has 0 fully saturated rings. The Labute approximate surface area is 111 Å². The lowest BCUT2D eigenvalue weighted by molar-refractivity contribution is 0.0688. The van der Waals surface area contributed by atoms with Gasteiger partial charge in [0.05, 0.1) is 12.8 Å². The maximum atomic E-state index is 13.4. The highest BCUT2D eigenvalue weighted by Crippen LogP contribution is 2.24. The average Bonchev–Trinajstić information content (AvgIpc) is 2.70. The van der Waals surface area contributed by atoms with Crippen molar-refractivity contribution in [2.45, 2.75) is 0 Å². The summed E-state index contributed by atoms with van der Waals surface area (Å²) in [6, 6.07) is 5.46. The van der Waals surface area contributed by atoms with Crippen molar-refractivity contribution < 1.29 is 19.0 Å². The molecular weight excluding hydrogens is 305 g/mol. The topological polar surface area (TPSA) is 51.5 Å². The maximum Gasteiger partial charge on any atom is 0.352 e. The van der Waals surface area contributed by atoms with Crippen molar-refractivity contribution in [3.05, 3.63) is 46.4 Å². The third-order valence-electron chi connectivity index (χ3n) is 2.38. The summed E-state index contributed by atoms with van der Waals surface area (Å²) in [5.74, 6) is -1.26. The number of benzene rings is 1. The minimum Gasteiger partial charge on any atom is -0.497 e. The summed E-state index contributed by atoms with van der Waals surface area (Å²) in [5.41, 5.74) is 0.421. The summed E-state index contributed by atoms with van der Waals surface area (Å²) in [5, 5.41) is 9.07. The maximum absolute atomic E-state index is 13.4. The highest BCUT2D eigenvalue weighted by molar-refractivity contribution is 9.10. The van der Waals surface area contributed by atoms with Crippen molar-refractivity contribution in [2.24, 2.45) is 0 Å². The Balaban J connectivity index is 2.61. The number of rotatable bonds is 3. The van der Waals surface area contributed by atoms with Crippen molar-refractivity contribution >= 4 is 21.9 Å². The van der Waals surface area contributed by atoms with Gasteiger partial charge < -0.3 is 14.4 Å². The lowest BCUT2D eigenvalue weighted by Crippen LogP contribution is -2.06. The normalized spacial score (nSPS) is 10.4. The molecule has 0 aliphatic rings. The van der Waals surface area contributed by atoms with Gasteiger partial charge in [0, 0.05) is 22.8 Å². The molecule has 4 nitrogen and oxygen atoms in total. The Kier molecular flexibility index (Phi) is 3.38. The van der Waals surface area contributed by atoms with Gasteiger partial charge in [0.1, 0.15) is 17.3 Å². The summed E-state index contributed by atoms with van der Waals surface area (Å²) >= 11 is 3.19. The number of ether oxygens (including phenoxy) is 1. The monoisotopic (exact) mass is 313 g/mol. The van der Waals surface area contributed by atoms with E-state index in [2.05, 4.69) is 15.9 Å². The zero-order valence-electron chi connectivity index (χ0n) is 9.35. The molecule has 0 radical (unpaired) electrons. The van der Waals surface area contributed by atoms with Gasteiger partial charge in [-0.2, -0.15) is 0 Å².